The first-order valence-corrected chi connectivity index (χ1v) is 5.71. The number of hydrogen-bond donors (Lipinski definition) is 0. The van der Waals surface area contributed by atoms with Crippen LogP contribution in [0.2, 0.25) is 0 Å². The van der Waals surface area contributed by atoms with Crippen LogP contribution in [-0.2, 0) is 0 Å². The largest absolute Gasteiger partial charge is 0.277 e. The molecule has 0 radical (unpaired) electrons. The van der Waals surface area contributed by atoms with Gasteiger partial charge in [-0.3, -0.25) is 4.99 Å². The molecular formula is C15H16FN. The quantitative estimate of drug-likeness (QED) is 0.728. The predicted molar refractivity (Wildman–Crippen MR) is 70.8 cm³/mol. The highest BCUT2D eigenvalue weighted by Gasteiger charge is 2.20. The fourth-order valence-electron chi connectivity index (χ4n) is 1.97. The van der Waals surface area contributed by atoms with Crippen molar-refractivity contribution in [2.45, 2.75) is 26.8 Å². The maximum atomic E-state index is 13.9. The van der Waals surface area contributed by atoms with E-state index in [1.807, 2.05) is 39.0 Å². The van der Waals surface area contributed by atoms with Gasteiger partial charge in [-0.2, -0.15) is 0 Å². The van der Waals surface area contributed by atoms with Crippen LogP contribution < -0.4 is 0 Å². The summed E-state index contributed by atoms with van der Waals surface area (Å²) in [5.74, 6) is -0.179. The SMILES string of the molecule is C=C(C)C1=NC(C)C(c2ccc(C)cc2F)=C1. The van der Waals surface area contributed by atoms with E-state index < -0.39 is 0 Å². The first kappa shape index (κ1) is 11.8. The maximum Gasteiger partial charge on any atom is 0.131 e. The molecule has 0 saturated carbocycles. The molecule has 0 fully saturated rings. The van der Waals surface area contributed by atoms with Crippen LogP contribution in [0.1, 0.15) is 25.0 Å². The molecule has 0 aromatic heterocycles. The van der Waals surface area contributed by atoms with Crippen molar-refractivity contribution in [1.29, 1.82) is 0 Å². The van der Waals surface area contributed by atoms with Crippen LogP contribution in [0, 0.1) is 12.7 Å². The van der Waals surface area contributed by atoms with Crippen molar-refractivity contribution >= 4 is 11.3 Å². The highest BCUT2D eigenvalue weighted by molar-refractivity contribution is 6.14. The second-order valence-corrected chi connectivity index (χ2v) is 4.55. The normalized spacial score (nSPS) is 18.9. The average molecular weight is 229 g/mol. The average Bonchev–Trinajstić information content (AvgIpc) is 2.61. The van der Waals surface area contributed by atoms with E-state index in [-0.39, 0.29) is 11.9 Å². The molecule has 1 unspecified atom stereocenters. The number of benzene rings is 1. The number of halogens is 1. The zero-order chi connectivity index (χ0) is 12.6. The third-order valence-electron chi connectivity index (χ3n) is 2.95. The Morgan fingerprint density at radius 1 is 1.41 bits per heavy atom. The molecule has 2 rings (SSSR count). The van der Waals surface area contributed by atoms with Gasteiger partial charge in [0.15, 0.2) is 0 Å². The number of nitrogens with zero attached hydrogens (tertiary/aromatic N) is 1. The molecule has 0 spiro atoms. The Morgan fingerprint density at radius 3 is 2.65 bits per heavy atom. The molecule has 1 aliphatic heterocycles. The van der Waals surface area contributed by atoms with Crippen molar-refractivity contribution in [3.8, 4) is 0 Å². The van der Waals surface area contributed by atoms with E-state index in [0.29, 0.717) is 5.56 Å². The summed E-state index contributed by atoms with van der Waals surface area (Å²) in [4.78, 5) is 4.47. The zero-order valence-electron chi connectivity index (χ0n) is 10.4. The highest BCUT2D eigenvalue weighted by Crippen LogP contribution is 2.29. The molecule has 1 atom stereocenters. The molecule has 0 amide bonds. The summed E-state index contributed by atoms with van der Waals surface area (Å²) in [5, 5.41) is 0. The lowest BCUT2D eigenvalue weighted by molar-refractivity contribution is 0.621. The van der Waals surface area contributed by atoms with E-state index in [9.17, 15) is 4.39 Å². The summed E-state index contributed by atoms with van der Waals surface area (Å²) in [6, 6.07) is 5.30. The van der Waals surface area contributed by atoms with Crippen LogP contribution in [-0.4, -0.2) is 11.8 Å². The Hall–Kier alpha value is -1.70. The molecule has 0 aliphatic carbocycles. The molecule has 1 heterocycles. The van der Waals surface area contributed by atoms with Crippen LogP contribution in [0.25, 0.3) is 5.57 Å². The van der Waals surface area contributed by atoms with Gasteiger partial charge in [0.1, 0.15) is 5.82 Å². The monoisotopic (exact) mass is 229 g/mol. The van der Waals surface area contributed by atoms with Gasteiger partial charge in [-0.05, 0) is 49.6 Å². The van der Waals surface area contributed by atoms with Crippen LogP contribution in [0.5, 0.6) is 0 Å². The smallest absolute Gasteiger partial charge is 0.131 e. The Bertz CT molecular complexity index is 538. The van der Waals surface area contributed by atoms with E-state index in [4.69, 9.17) is 0 Å². The third kappa shape index (κ3) is 2.21. The first-order valence-electron chi connectivity index (χ1n) is 5.71. The molecular weight excluding hydrogens is 213 g/mol. The van der Waals surface area contributed by atoms with Crippen LogP contribution in [0.4, 0.5) is 4.39 Å². The standard InChI is InChI=1S/C15H16FN/c1-9(2)15-8-13(11(4)17-15)12-6-5-10(3)7-14(12)16/h5-8,11H,1H2,2-4H3. The lowest BCUT2D eigenvalue weighted by Crippen LogP contribution is -2.00. The van der Waals surface area contributed by atoms with Crippen LogP contribution >= 0.6 is 0 Å². The molecule has 0 saturated heterocycles. The fourth-order valence-corrected chi connectivity index (χ4v) is 1.97. The van der Waals surface area contributed by atoms with Crippen LogP contribution in [0.15, 0.2) is 41.4 Å². The van der Waals surface area contributed by atoms with E-state index >= 15 is 0 Å². The summed E-state index contributed by atoms with van der Waals surface area (Å²) >= 11 is 0. The third-order valence-corrected chi connectivity index (χ3v) is 2.95. The number of aliphatic imine (C=N–C) groups is 1. The van der Waals surface area contributed by atoms with Gasteiger partial charge < -0.3 is 0 Å². The molecule has 1 nitrogen and oxygen atoms in total. The van der Waals surface area contributed by atoms with Gasteiger partial charge in [0.2, 0.25) is 0 Å². The molecule has 88 valence electrons. The Labute approximate surface area is 101 Å². The van der Waals surface area contributed by atoms with Gasteiger partial charge in [0.05, 0.1) is 11.8 Å². The molecule has 0 bridgehead atoms. The van der Waals surface area contributed by atoms with E-state index in [0.717, 1.165) is 22.4 Å². The predicted octanol–water partition coefficient (Wildman–Crippen LogP) is 3.94. The van der Waals surface area contributed by atoms with Crippen molar-refractivity contribution in [2.24, 2.45) is 4.99 Å². The van der Waals surface area contributed by atoms with Gasteiger partial charge in [0.25, 0.3) is 0 Å². The van der Waals surface area contributed by atoms with E-state index in [1.54, 1.807) is 6.07 Å². The second-order valence-electron chi connectivity index (χ2n) is 4.55. The van der Waals surface area contributed by atoms with Crippen molar-refractivity contribution < 1.29 is 4.39 Å². The maximum absolute atomic E-state index is 13.9. The summed E-state index contributed by atoms with van der Waals surface area (Å²) in [6.07, 6.45) is 1.93. The minimum absolute atomic E-state index is 0.00101. The van der Waals surface area contributed by atoms with Gasteiger partial charge in [-0.25, -0.2) is 4.39 Å². The molecule has 1 aromatic rings. The van der Waals surface area contributed by atoms with Gasteiger partial charge >= 0.3 is 0 Å². The topological polar surface area (TPSA) is 12.4 Å². The van der Waals surface area contributed by atoms with E-state index in [1.165, 1.54) is 0 Å². The first-order chi connectivity index (χ1) is 7.99. The summed E-state index contributed by atoms with van der Waals surface area (Å²) < 4.78 is 13.9. The molecule has 1 aliphatic rings. The lowest BCUT2D eigenvalue weighted by atomic mass is 9.98. The molecule has 17 heavy (non-hydrogen) atoms. The summed E-state index contributed by atoms with van der Waals surface area (Å²) in [7, 11) is 0. The summed E-state index contributed by atoms with van der Waals surface area (Å²) in [5.41, 5.74) is 4.29. The van der Waals surface area contributed by atoms with Crippen molar-refractivity contribution in [2.75, 3.05) is 0 Å². The number of allylic oxidation sites excluding steroid dienone is 2. The van der Waals surface area contributed by atoms with E-state index in [2.05, 4.69) is 11.6 Å². The van der Waals surface area contributed by atoms with Crippen molar-refractivity contribution in [3.05, 3.63) is 53.4 Å². The van der Waals surface area contributed by atoms with Crippen molar-refractivity contribution in [3.63, 3.8) is 0 Å². The second kappa shape index (κ2) is 4.28. The Kier molecular flexibility index (Phi) is 2.97. The van der Waals surface area contributed by atoms with Crippen molar-refractivity contribution in [1.82, 2.24) is 0 Å². The molecule has 1 aromatic carbocycles. The number of aryl methyl sites for hydroxylation is 1. The fraction of sp³-hybridized carbons (Fsp3) is 0.267. The zero-order valence-corrected chi connectivity index (χ0v) is 10.4. The summed E-state index contributed by atoms with van der Waals surface area (Å²) in [6.45, 7) is 9.64. The van der Waals surface area contributed by atoms with Gasteiger partial charge in [-0.15, -0.1) is 0 Å². The molecule has 2 heteroatoms. The minimum Gasteiger partial charge on any atom is -0.277 e. The molecule has 0 N–H and O–H groups in total. The number of hydrogen-bond acceptors (Lipinski definition) is 1. The highest BCUT2D eigenvalue weighted by atomic mass is 19.1. The lowest BCUT2D eigenvalue weighted by Gasteiger charge is -2.09. The number of rotatable bonds is 2. The minimum atomic E-state index is -0.179. The Balaban J connectivity index is 2.43. The van der Waals surface area contributed by atoms with Crippen LogP contribution in [0.3, 0.4) is 0 Å². The van der Waals surface area contributed by atoms with Gasteiger partial charge in [-0.1, -0.05) is 18.7 Å². The van der Waals surface area contributed by atoms with Gasteiger partial charge in [0, 0.05) is 5.56 Å². The Morgan fingerprint density at radius 2 is 2.12 bits per heavy atom.